The molecule has 2 rings (SSSR count). The predicted molar refractivity (Wildman–Crippen MR) is 112 cm³/mol. The van der Waals surface area contributed by atoms with Gasteiger partial charge in [-0.15, -0.1) is 0 Å². The van der Waals surface area contributed by atoms with Crippen LogP contribution in [0.1, 0.15) is 52.1 Å². The summed E-state index contributed by atoms with van der Waals surface area (Å²) in [7, 11) is 4.17. The second-order valence-electron chi connectivity index (χ2n) is 9.18. The number of hydrogen-bond acceptors (Lipinski definition) is 4. The first-order chi connectivity index (χ1) is 12.0. The molecule has 1 saturated heterocycles. The lowest BCUT2D eigenvalue weighted by molar-refractivity contribution is 0.153. The summed E-state index contributed by atoms with van der Waals surface area (Å²) in [5.41, 5.74) is 0.198. The van der Waals surface area contributed by atoms with Crippen LogP contribution in [0.3, 0.4) is 0 Å². The van der Waals surface area contributed by atoms with E-state index in [0.717, 1.165) is 42.6 Å². The lowest BCUT2D eigenvalue weighted by atomic mass is 9.80. The van der Waals surface area contributed by atoms with Crippen molar-refractivity contribution in [1.29, 1.82) is 0 Å². The van der Waals surface area contributed by atoms with Gasteiger partial charge in [0, 0.05) is 30.2 Å². The third-order valence-corrected chi connectivity index (χ3v) is 5.14. The molecule has 0 unspecified atom stereocenters. The Morgan fingerprint density at radius 3 is 2.31 bits per heavy atom. The number of nitrogens with zero attached hydrogens (tertiary/aromatic N) is 2. The summed E-state index contributed by atoms with van der Waals surface area (Å²) in [5, 5.41) is 8.19. The van der Waals surface area contributed by atoms with E-state index in [-0.39, 0.29) is 11.1 Å². The number of hydrogen-bond donors (Lipinski definition) is 2. The van der Waals surface area contributed by atoms with Crippen LogP contribution in [0.15, 0.2) is 16.5 Å². The molecule has 1 fully saturated rings. The zero-order chi connectivity index (χ0) is 19.5. The molecule has 0 saturated carbocycles. The van der Waals surface area contributed by atoms with E-state index in [0.29, 0.717) is 12.6 Å². The molecule has 0 amide bonds. The lowest BCUT2D eigenvalue weighted by Crippen LogP contribution is -2.63. The van der Waals surface area contributed by atoms with E-state index in [1.54, 1.807) is 0 Å². The zero-order valence-electron chi connectivity index (χ0n) is 17.5. The van der Waals surface area contributed by atoms with E-state index in [1.165, 1.54) is 0 Å². The van der Waals surface area contributed by atoms with Crippen molar-refractivity contribution in [3.8, 4) is 0 Å². The van der Waals surface area contributed by atoms with E-state index < -0.39 is 0 Å². The summed E-state index contributed by atoms with van der Waals surface area (Å²) in [6, 6.07) is 4.42. The van der Waals surface area contributed by atoms with Crippen molar-refractivity contribution in [3.05, 3.63) is 23.7 Å². The summed E-state index contributed by atoms with van der Waals surface area (Å²) in [5.74, 6) is 1.89. The van der Waals surface area contributed by atoms with Crippen LogP contribution in [-0.4, -0.2) is 59.2 Å². The maximum atomic E-state index is 5.80. The van der Waals surface area contributed by atoms with Gasteiger partial charge in [0.1, 0.15) is 11.5 Å². The van der Waals surface area contributed by atoms with Crippen LogP contribution >= 0.6 is 12.2 Å². The smallest absolute Gasteiger partial charge is 0.169 e. The van der Waals surface area contributed by atoms with Gasteiger partial charge < -0.3 is 24.9 Å². The molecule has 1 aromatic rings. The van der Waals surface area contributed by atoms with E-state index in [4.69, 9.17) is 16.6 Å². The predicted octanol–water partition coefficient (Wildman–Crippen LogP) is 3.14. The first kappa shape index (κ1) is 21.2. The molecule has 0 atom stereocenters. The van der Waals surface area contributed by atoms with Crippen molar-refractivity contribution in [1.82, 2.24) is 20.4 Å². The molecule has 0 bridgehead atoms. The fraction of sp³-hybridized carbons (Fsp3) is 0.750. The van der Waals surface area contributed by atoms with Crippen LogP contribution in [0, 0.1) is 6.92 Å². The molecular weight excluding hydrogens is 344 g/mol. The van der Waals surface area contributed by atoms with Gasteiger partial charge in [0.05, 0.1) is 6.54 Å². The Balaban J connectivity index is 2.04. The largest absolute Gasteiger partial charge is 0.464 e. The molecule has 148 valence electrons. The monoisotopic (exact) mass is 380 g/mol. The van der Waals surface area contributed by atoms with E-state index in [1.807, 2.05) is 19.1 Å². The Labute approximate surface area is 164 Å². The zero-order valence-corrected chi connectivity index (χ0v) is 18.3. The first-order valence-electron chi connectivity index (χ1n) is 9.51. The minimum Gasteiger partial charge on any atom is -0.464 e. The Morgan fingerprint density at radius 2 is 1.81 bits per heavy atom. The molecule has 6 heteroatoms. The van der Waals surface area contributed by atoms with Gasteiger partial charge in [-0.3, -0.25) is 0 Å². The number of piperidine rings is 1. The fourth-order valence-electron chi connectivity index (χ4n) is 4.02. The van der Waals surface area contributed by atoms with Crippen LogP contribution in [0.25, 0.3) is 0 Å². The Bertz CT molecular complexity index is 593. The minimum absolute atomic E-state index is 0.0988. The van der Waals surface area contributed by atoms with Crippen molar-refractivity contribution in [2.24, 2.45) is 0 Å². The second-order valence-corrected chi connectivity index (χ2v) is 9.57. The number of thiocarbonyl (C=S) groups is 1. The molecule has 26 heavy (non-hydrogen) atoms. The van der Waals surface area contributed by atoms with Crippen molar-refractivity contribution in [3.63, 3.8) is 0 Å². The van der Waals surface area contributed by atoms with Crippen LogP contribution in [0.2, 0.25) is 0 Å². The van der Waals surface area contributed by atoms with E-state index in [9.17, 15) is 0 Å². The first-order valence-corrected chi connectivity index (χ1v) is 9.91. The quantitative estimate of drug-likeness (QED) is 0.739. The van der Waals surface area contributed by atoms with Crippen LogP contribution in [0.4, 0.5) is 0 Å². The van der Waals surface area contributed by atoms with E-state index in [2.05, 4.69) is 62.2 Å². The Hall–Kier alpha value is -1.11. The number of rotatable bonds is 6. The number of aryl methyl sites for hydroxylation is 1. The van der Waals surface area contributed by atoms with Gasteiger partial charge in [-0.1, -0.05) is 0 Å². The number of likely N-dealkylation sites (N-methyl/N-ethyl adjacent to an activating group) is 1. The second kappa shape index (κ2) is 8.28. The lowest BCUT2D eigenvalue weighted by Gasteiger charge is -2.47. The SMILES string of the molecule is Cc1ccc(CN(CCN(C)C)C(=S)NC2CC(C)(C)NC(C)(C)C2)o1. The van der Waals surface area contributed by atoms with E-state index >= 15 is 0 Å². The van der Waals surface area contributed by atoms with Gasteiger partial charge >= 0.3 is 0 Å². The summed E-state index contributed by atoms with van der Waals surface area (Å²) < 4.78 is 5.77. The highest BCUT2D eigenvalue weighted by molar-refractivity contribution is 7.80. The van der Waals surface area contributed by atoms with Crippen LogP contribution in [0.5, 0.6) is 0 Å². The number of nitrogens with one attached hydrogen (secondary N) is 2. The summed E-state index contributed by atoms with van der Waals surface area (Å²) in [4.78, 5) is 4.40. The molecule has 0 aliphatic carbocycles. The maximum Gasteiger partial charge on any atom is 0.169 e. The third-order valence-electron chi connectivity index (χ3n) is 4.76. The van der Waals surface area contributed by atoms with Gasteiger partial charge in [-0.25, -0.2) is 0 Å². The summed E-state index contributed by atoms with van der Waals surface area (Å²) >= 11 is 5.80. The van der Waals surface area contributed by atoms with Crippen molar-refractivity contribution in [2.75, 3.05) is 27.2 Å². The molecule has 2 heterocycles. The Morgan fingerprint density at radius 1 is 1.19 bits per heavy atom. The highest BCUT2D eigenvalue weighted by atomic mass is 32.1. The van der Waals surface area contributed by atoms with Gasteiger partial charge in [-0.2, -0.15) is 0 Å². The average Bonchev–Trinajstić information content (AvgIpc) is 2.84. The molecule has 1 aromatic heterocycles. The topological polar surface area (TPSA) is 43.7 Å². The molecule has 0 spiro atoms. The van der Waals surface area contributed by atoms with Crippen molar-refractivity contribution in [2.45, 2.75) is 71.1 Å². The fourth-order valence-corrected chi connectivity index (χ4v) is 4.34. The summed E-state index contributed by atoms with van der Waals surface area (Å²) in [6.07, 6.45) is 2.11. The van der Waals surface area contributed by atoms with Crippen LogP contribution < -0.4 is 10.6 Å². The maximum absolute atomic E-state index is 5.80. The molecule has 1 aliphatic heterocycles. The van der Waals surface area contributed by atoms with Gasteiger partial charge in [0.15, 0.2) is 5.11 Å². The van der Waals surface area contributed by atoms with Crippen molar-refractivity contribution >= 4 is 17.3 Å². The van der Waals surface area contributed by atoms with Gasteiger partial charge in [-0.05, 0) is 85.9 Å². The van der Waals surface area contributed by atoms with Crippen LogP contribution in [-0.2, 0) is 6.54 Å². The number of furan rings is 1. The van der Waals surface area contributed by atoms with Crippen molar-refractivity contribution < 1.29 is 4.42 Å². The minimum atomic E-state index is 0.0988. The molecule has 2 N–H and O–H groups in total. The Kier molecular flexibility index (Phi) is 6.75. The standard InChI is InChI=1S/C20H36N4OS/c1-15-8-9-17(25-15)14-24(11-10-23(6)7)18(26)21-16-12-19(2,3)22-20(4,5)13-16/h8-9,16,22H,10-14H2,1-7H3,(H,21,26). The summed E-state index contributed by atoms with van der Waals surface area (Å²) in [6.45, 7) is 13.6. The third kappa shape index (κ3) is 6.56. The molecule has 1 aliphatic rings. The molecule has 0 aromatic carbocycles. The molecular formula is C20H36N4OS. The average molecular weight is 381 g/mol. The highest BCUT2D eigenvalue weighted by Crippen LogP contribution is 2.28. The van der Waals surface area contributed by atoms with Gasteiger partial charge in [0.25, 0.3) is 0 Å². The normalized spacial score (nSPS) is 19.5. The molecule has 0 radical (unpaired) electrons. The van der Waals surface area contributed by atoms with Gasteiger partial charge in [0.2, 0.25) is 0 Å². The highest BCUT2D eigenvalue weighted by Gasteiger charge is 2.38. The molecule has 5 nitrogen and oxygen atoms in total.